The average molecular weight is 366 g/mol. The zero-order valence-electron chi connectivity index (χ0n) is 9.64. The van der Waals surface area contributed by atoms with E-state index in [4.69, 9.17) is 23.2 Å². The Kier molecular flexibility index (Phi) is 4.82. The normalized spacial score (nSPS) is 12.5. The maximum atomic E-state index is 13.1. The Morgan fingerprint density at radius 2 is 1.79 bits per heavy atom. The first kappa shape index (κ1) is 14.8. The lowest BCUT2D eigenvalue weighted by Crippen LogP contribution is -1.97. The van der Waals surface area contributed by atoms with E-state index < -0.39 is 11.6 Å². The van der Waals surface area contributed by atoms with Gasteiger partial charge < -0.3 is 0 Å². The number of alkyl halides is 1. The Bertz CT molecular complexity index is 602. The zero-order chi connectivity index (χ0) is 14.0. The Balaban J connectivity index is 2.17. The molecule has 0 heterocycles. The van der Waals surface area contributed by atoms with Gasteiger partial charge in [0.1, 0.15) is 0 Å². The highest BCUT2D eigenvalue weighted by atomic mass is 79.9. The first-order valence-corrected chi connectivity index (χ1v) is 7.11. The number of halogens is 5. The smallest absolute Gasteiger partial charge is 0.159 e. The highest BCUT2D eigenvalue weighted by Crippen LogP contribution is 2.31. The van der Waals surface area contributed by atoms with E-state index in [2.05, 4.69) is 15.9 Å². The molecule has 1 atom stereocenters. The highest BCUT2D eigenvalue weighted by molar-refractivity contribution is 9.10. The largest absolute Gasteiger partial charge is 0.204 e. The van der Waals surface area contributed by atoms with Crippen molar-refractivity contribution in [2.45, 2.75) is 11.8 Å². The second-order valence-electron chi connectivity index (χ2n) is 4.09. The third-order valence-electron chi connectivity index (χ3n) is 2.70. The summed E-state index contributed by atoms with van der Waals surface area (Å²) >= 11 is 15.5. The fourth-order valence-corrected chi connectivity index (χ4v) is 2.53. The maximum Gasteiger partial charge on any atom is 0.159 e. The minimum atomic E-state index is -0.862. The summed E-state index contributed by atoms with van der Waals surface area (Å²) in [6.07, 6.45) is 0.410. The number of hydrogen-bond donors (Lipinski definition) is 0. The topological polar surface area (TPSA) is 0 Å². The molecule has 0 saturated heterocycles. The van der Waals surface area contributed by atoms with E-state index in [1.165, 1.54) is 6.07 Å². The molecule has 0 aliphatic rings. The molecule has 0 radical (unpaired) electrons. The van der Waals surface area contributed by atoms with Crippen LogP contribution in [0, 0.1) is 11.6 Å². The molecule has 19 heavy (non-hydrogen) atoms. The van der Waals surface area contributed by atoms with E-state index in [-0.39, 0.29) is 5.38 Å². The van der Waals surface area contributed by atoms with Crippen molar-refractivity contribution in [3.05, 3.63) is 68.7 Å². The first-order valence-electron chi connectivity index (χ1n) is 5.50. The van der Waals surface area contributed by atoms with E-state index in [9.17, 15) is 8.78 Å². The molecule has 100 valence electrons. The van der Waals surface area contributed by atoms with Crippen LogP contribution in [0.1, 0.15) is 16.5 Å². The van der Waals surface area contributed by atoms with Crippen LogP contribution in [-0.4, -0.2) is 0 Å². The Morgan fingerprint density at radius 3 is 2.42 bits per heavy atom. The van der Waals surface area contributed by atoms with Gasteiger partial charge in [-0.3, -0.25) is 0 Å². The second kappa shape index (κ2) is 6.21. The first-order chi connectivity index (χ1) is 8.97. The number of rotatable bonds is 3. The van der Waals surface area contributed by atoms with Crippen molar-refractivity contribution in [3.63, 3.8) is 0 Å². The standard InChI is InChI=1S/C14H9BrCl2F2/c15-10-7-9(2-3-11(10)16)12(17)5-8-1-4-13(18)14(19)6-8/h1-4,6-7,12H,5H2. The summed E-state index contributed by atoms with van der Waals surface area (Å²) in [5.74, 6) is -1.72. The molecule has 1 unspecified atom stereocenters. The molecule has 0 bridgehead atoms. The molecule has 0 fully saturated rings. The molecule has 2 aromatic carbocycles. The van der Waals surface area contributed by atoms with Crippen molar-refractivity contribution < 1.29 is 8.78 Å². The summed E-state index contributed by atoms with van der Waals surface area (Å²) in [7, 11) is 0. The van der Waals surface area contributed by atoms with Crippen molar-refractivity contribution in [2.75, 3.05) is 0 Å². The molecule has 0 aliphatic heterocycles. The predicted octanol–water partition coefficient (Wildman–Crippen LogP) is 5.90. The lowest BCUT2D eigenvalue weighted by molar-refractivity contribution is 0.507. The van der Waals surface area contributed by atoms with Gasteiger partial charge >= 0.3 is 0 Å². The van der Waals surface area contributed by atoms with Gasteiger partial charge in [0.15, 0.2) is 11.6 Å². The van der Waals surface area contributed by atoms with E-state index >= 15 is 0 Å². The van der Waals surface area contributed by atoms with Crippen LogP contribution in [0.4, 0.5) is 8.78 Å². The molecule has 0 spiro atoms. The van der Waals surface area contributed by atoms with Crippen molar-refractivity contribution in [3.8, 4) is 0 Å². The van der Waals surface area contributed by atoms with Crippen LogP contribution in [0.3, 0.4) is 0 Å². The van der Waals surface area contributed by atoms with E-state index in [1.54, 1.807) is 6.07 Å². The average Bonchev–Trinajstić information content (AvgIpc) is 2.37. The van der Waals surface area contributed by atoms with Crippen LogP contribution in [0.25, 0.3) is 0 Å². The lowest BCUT2D eigenvalue weighted by Gasteiger charge is -2.11. The van der Waals surface area contributed by atoms with Crippen molar-refractivity contribution >= 4 is 39.1 Å². The van der Waals surface area contributed by atoms with Gasteiger partial charge in [-0.25, -0.2) is 8.78 Å². The Hall–Kier alpha value is -0.640. The van der Waals surface area contributed by atoms with Gasteiger partial charge in [0.05, 0.1) is 10.4 Å². The van der Waals surface area contributed by atoms with Crippen LogP contribution in [0.5, 0.6) is 0 Å². The Morgan fingerprint density at radius 1 is 1.05 bits per heavy atom. The third kappa shape index (κ3) is 3.68. The molecule has 2 aromatic rings. The zero-order valence-corrected chi connectivity index (χ0v) is 12.7. The van der Waals surface area contributed by atoms with Crippen LogP contribution in [0.2, 0.25) is 5.02 Å². The van der Waals surface area contributed by atoms with Crippen molar-refractivity contribution in [1.82, 2.24) is 0 Å². The van der Waals surface area contributed by atoms with Crippen molar-refractivity contribution in [2.24, 2.45) is 0 Å². The van der Waals surface area contributed by atoms with E-state index in [0.29, 0.717) is 17.0 Å². The molecule has 0 saturated carbocycles. The van der Waals surface area contributed by atoms with Gasteiger partial charge in [-0.2, -0.15) is 0 Å². The molecule has 0 nitrogen and oxygen atoms in total. The molecule has 0 N–H and O–H groups in total. The lowest BCUT2D eigenvalue weighted by atomic mass is 10.0. The second-order valence-corrected chi connectivity index (χ2v) is 5.88. The summed E-state index contributed by atoms with van der Waals surface area (Å²) < 4.78 is 26.7. The Labute approximate surface area is 128 Å². The van der Waals surface area contributed by atoms with Gasteiger partial charge in [-0.1, -0.05) is 23.7 Å². The van der Waals surface area contributed by atoms with E-state index in [1.807, 2.05) is 12.1 Å². The van der Waals surface area contributed by atoms with Crippen LogP contribution < -0.4 is 0 Å². The molecule has 2 rings (SSSR count). The SMILES string of the molecule is Fc1ccc(CC(Cl)c2ccc(Cl)c(Br)c2)cc1F. The summed E-state index contributed by atoms with van der Waals surface area (Å²) in [6.45, 7) is 0. The summed E-state index contributed by atoms with van der Waals surface area (Å²) in [4.78, 5) is 0. The quantitative estimate of drug-likeness (QED) is 0.593. The van der Waals surface area contributed by atoms with Gasteiger partial charge in [-0.05, 0) is 57.7 Å². The van der Waals surface area contributed by atoms with Crippen molar-refractivity contribution in [1.29, 1.82) is 0 Å². The van der Waals surface area contributed by atoms with Crippen LogP contribution >= 0.6 is 39.1 Å². The molecule has 0 amide bonds. The minimum absolute atomic E-state index is 0.335. The number of hydrogen-bond acceptors (Lipinski definition) is 0. The fraction of sp³-hybridized carbons (Fsp3) is 0.143. The monoisotopic (exact) mass is 364 g/mol. The van der Waals surface area contributed by atoms with Crippen LogP contribution in [-0.2, 0) is 6.42 Å². The minimum Gasteiger partial charge on any atom is -0.204 e. The maximum absolute atomic E-state index is 13.1. The van der Waals surface area contributed by atoms with E-state index in [0.717, 1.165) is 22.2 Å². The summed E-state index contributed by atoms with van der Waals surface area (Å²) in [6, 6.07) is 9.16. The number of benzene rings is 2. The van der Waals surface area contributed by atoms with Gasteiger partial charge in [0.2, 0.25) is 0 Å². The molecule has 0 aromatic heterocycles. The molecule has 5 heteroatoms. The third-order valence-corrected chi connectivity index (χ3v) is 4.32. The highest BCUT2D eigenvalue weighted by Gasteiger charge is 2.12. The summed E-state index contributed by atoms with van der Waals surface area (Å²) in [5, 5.41) is 0.263. The molecular weight excluding hydrogens is 357 g/mol. The summed E-state index contributed by atoms with van der Waals surface area (Å²) in [5.41, 5.74) is 1.51. The van der Waals surface area contributed by atoms with Gasteiger partial charge in [-0.15, -0.1) is 11.6 Å². The molecule has 0 aliphatic carbocycles. The van der Waals surface area contributed by atoms with Crippen LogP contribution in [0.15, 0.2) is 40.9 Å². The molecular formula is C14H9BrCl2F2. The predicted molar refractivity (Wildman–Crippen MR) is 77.8 cm³/mol. The van der Waals surface area contributed by atoms with Gasteiger partial charge in [0, 0.05) is 4.47 Å². The fourth-order valence-electron chi connectivity index (χ4n) is 1.70. The van der Waals surface area contributed by atoms with Gasteiger partial charge in [0.25, 0.3) is 0 Å².